The van der Waals surface area contributed by atoms with Crippen LogP contribution in [0.3, 0.4) is 0 Å². The molecule has 0 saturated heterocycles. The smallest absolute Gasteiger partial charge is 0.271 e. The van der Waals surface area contributed by atoms with E-state index >= 15 is 0 Å². The van der Waals surface area contributed by atoms with Crippen molar-refractivity contribution in [1.29, 1.82) is 0 Å². The first-order valence-corrected chi connectivity index (χ1v) is 12.1. The minimum Gasteiger partial charge on any atom is -0.396 e. The molecule has 1 aromatic rings. The van der Waals surface area contributed by atoms with Gasteiger partial charge in [-0.2, -0.15) is 0 Å². The van der Waals surface area contributed by atoms with Crippen molar-refractivity contribution in [3.05, 3.63) is 24.3 Å². The van der Waals surface area contributed by atoms with Crippen LogP contribution in [0.25, 0.3) is 0 Å². The van der Waals surface area contributed by atoms with Crippen molar-refractivity contribution in [2.24, 2.45) is 40.4 Å². The molecule has 4 rings (SSSR count). The van der Waals surface area contributed by atoms with Gasteiger partial charge in [-0.15, -0.1) is 0 Å². The zero-order valence-corrected chi connectivity index (χ0v) is 19.3. The molecule has 3 aliphatic rings. The number of aliphatic hydroxyl groups excluding tert-OH is 2. The molecule has 8 atom stereocenters. The van der Waals surface area contributed by atoms with Gasteiger partial charge in [-0.05, 0) is 85.4 Å². The maximum absolute atomic E-state index is 12.8. The molecule has 1 heterocycles. The van der Waals surface area contributed by atoms with Gasteiger partial charge in [0.15, 0.2) is 0 Å². The van der Waals surface area contributed by atoms with Crippen LogP contribution >= 0.6 is 0 Å². The van der Waals surface area contributed by atoms with Crippen molar-refractivity contribution < 1.29 is 15.0 Å². The summed E-state index contributed by atoms with van der Waals surface area (Å²) in [5, 5.41) is 23.7. The minimum absolute atomic E-state index is 0.0108. The minimum atomic E-state index is -0.305. The number of hydrogen-bond acceptors (Lipinski definition) is 5. The predicted octanol–water partition coefficient (Wildman–Crippen LogP) is 3.44. The third kappa shape index (κ3) is 4.02. The number of nitrogens with zero attached hydrogens (tertiary/aromatic N) is 2. The molecule has 1 amide bonds. The van der Waals surface area contributed by atoms with E-state index in [4.69, 9.17) is 0 Å². The summed E-state index contributed by atoms with van der Waals surface area (Å²) < 4.78 is 0. The van der Waals surface area contributed by atoms with Gasteiger partial charge in [0.2, 0.25) is 0 Å². The quantitative estimate of drug-likeness (QED) is 0.666. The highest BCUT2D eigenvalue weighted by molar-refractivity contribution is 5.91. The fourth-order valence-corrected chi connectivity index (χ4v) is 7.54. The van der Waals surface area contributed by atoms with E-state index in [0.29, 0.717) is 47.7 Å². The Balaban J connectivity index is 1.60. The molecular formula is C25H39N3O3. The lowest BCUT2D eigenvalue weighted by molar-refractivity contribution is -0.102. The third-order valence-corrected chi connectivity index (χ3v) is 9.78. The van der Waals surface area contributed by atoms with Gasteiger partial charge in [0, 0.05) is 25.5 Å². The monoisotopic (exact) mass is 429 g/mol. The Labute approximate surface area is 186 Å². The van der Waals surface area contributed by atoms with Crippen molar-refractivity contribution >= 4 is 5.91 Å². The van der Waals surface area contributed by atoms with Crippen LogP contribution in [0, 0.1) is 40.4 Å². The highest BCUT2D eigenvalue weighted by Gasteiger charge is 2.57. The Morgan fingerprint density at radius 3 is 2.58 bits per heavy atom. The number of rotatable bonds is 5. The van der Waals surface area contributed by atoms with Crippen molar-refractivity contribution in [1.82, 2.24) is 15.3 Å². The van der Waals surface area contributed by atoms with Crippen LogP contribution < -0.4 is 5.32 Å². The maximum Gasteiger partial charge on any atom is 0.271 e. The van der Waals surface area contributed by atoms with Crippen LogP contribution in [0.1, 0.15) is 76.2 Å². The zero-order valence-electron chi connectivity index (χ0n) is 19.3. The SMILES string of the molecule is CC1CC[C@H]2[C@H](CNC(=O)c3cnccn3)[C@@H]([C@@]3(C)CC[C@H](O)C[C@@H]3CO)CC[C@]12C. The van der Waals surface area contributed by atoms with Crippen LogP contribution in [0.5, 0.6) is 0 Å². The van der Waals surface area contributed by atoms with Crippen LogP contribution in [-0.4, -0.2) is 45.3 Å². The number of aromatic nitrogens is 2. The second-order valence-electron chi connectivity index (χ2n) is 11.0. The van der Waals surface area contributed by atoms with E-state index in [1.807, 2.05) is 0 Å². The molecule has 1 unspecified atom stereocenters. The summed E-state index contributed by atoms with van der Waals surface area (Å²) in [5.74, 6) is 2.04. The molecule has 0 spiro atoms. The molecule has 0 bridgehead atoms. The average Bonchev–Trinajstić information content (AvgIpc) is 3.08. The van der Waals surface area contributed by atoms with E-state index in [2.05, 4.69) is 36.1 Å². The van der Waals surface area contributed by atoms with Gasteiger partial charge in [0.1, 0.15) is 5.69 Å². The highest BCUT2D eigenvalue weighted by Crippen LogP contribution is 2.63. The fraction of sp³-hybridized carbons (Fsp3) is 0.800. The maximum atomic E-state index is 12.8. The molecule has 6 nitrogen and oxygen atoms in total. The number of fused-ring (bicyclic) bond motifs is 1. The summed E-state index contributed by atoms with van der Waals surface area (Å²) in [6.45, 7) is 7.96. The summed E-state index contributed by atoms with van der Waals surface area (Å²) in [7, 11) is 0. The summed E-state index contributed by atoms with van der Waals surface area (Å²) in [6, 6.07) is 0. The first-order valence-electron chi connectivity index (χ1n) is 12.1. The summed E-state index contributed by atoms with van der Waals surface area (Å²) in [6.07, 6.45) is 11.6. The second kappa shape index (κ2) is 8.78. The van der Waals surface area contributed by atoms with E-state index in [1.165, 1.54) is 25.5 Å². The van der Waals surface area contributed by atoms with Gasteiger partial charge in [-0.3, -0.25) is 9.78 Å². The van der Waals surface area contributed by atoms with E-state index in [0.717, 1.165) is 19.3 Å². The first kappa shape index (κ1) is 22.7. The van der Waals surface area contributed by atoms with Crippen LogP contribution in [0.4, 0.5) is 0 Å². The van der Waals surface area contributed by atoms with Crippen LogP contribution in [0.15, 0.2) is 18.6 Å². The number of aliphatic hydroxyl groups is 2. The molecule has 3 N–H and O–H groups in total. The topological polar surface area (TPSA) is 95.3 Å². The van der Waals surface area contributed by atoms with Gasteiger partial charge in [0.25, 0.3) is 5.91 Å². The van der Waals surface area contributed by atoms with Crippen molar-refractivity contribution in [2.75, 3.05) is 13.2 Å². The number of hydrogen-bond donors (Lipinski definition) is 3. The Morgan fingerprint density at radius 1 is 1.13 bits per heavy atom. The van der Waals surface area contributed by atoms with E-state index in [-0.39, 0.29) is 30.0 Å². The standard InChI is InChI=1S/C25H39N3O3/c1-16-4-5-20-19(13-28-23(31)22-14-26-10-11-27-22)21(7-9-24(16,20)2)25(3)8-6-18(30)12-17(25)15-29/h10-11,14,16-21,29-30H,4-9,12-13,15H2,1-3H3,(H,28,31)/t16?,17-,18+,19+,20+,21+,24-,25+/m1/s1. The Kier molecular flexibility index (Phi) is 6.42. The largest absolute Gasteiger partial charge is 0.396 e. The third-order valence-electron chi connectivity index (χ3n) is 9.78. The highest BCUT2D eigenvalue weighted by atomic mass is 16.3. The van der Waals surface area contributed by atoms with E-state index in [1.54, 1.807) is 12.4 Å². The van der Waals surface area contributed by atoms with E-state index < -0.39 is 0 Å². The number of amides is 1. The lowest BCUT2D eigenvalue weighted by Crippen LogP contribution is -2.54. The predicted molar refractivity (Wildman–Crippen MR) is 119 cm³/mol. The van der Waals surface area contributed by atoms with Gasteiger partial charge in [0.05, 0.1) is 12.3 Å². The summed E-state index contributed by atoms with van der Waals surface area (Å²) in [5.41, 5.74) is 0.665. The molecule has 3 aliphatic carbocycles. The van der Waals surface area contributed by atoms with Gasteiger partial charge >= 0.3 is 0 Å². The molecule has 0 radical (unpaired) electrons. The normalized spacial score (nSPS) is 42.7. The molecule has 172 valence electrons. The molecule has 0 aliphatic heterocycles. The summed E-state index contributed by atoms with van der Waals surface area (Å²) in [4.78, 5) is 20.9. The average molecular weight is 430 g/mol. The fourth-order valence-electron chi connectivity index (χ4n) is 7.54. The number of carbonyl (C=O) groups is 1. The lowest BCUT2D eigenvalue weighted by atomic mass is 9.49. The molecule has 1 aromatic heterocycles. The number of carbonyl (C=O) groups excluding carboxylic acids is 1. The Morgan fingerprint density at radius 2 is 1.87 bits per heavy atom. The molecule has 3 fully saturated rings. The zero-order chi connectivity index (χ0) is 22.2. The van der Waals surface area contributed by atoms with Crippen LogP contribution in [-0.2, 0) is 0 Å². The van der Waals surface area contributed by atoms with Crippen molar-refractivity contribution in [2.45, 2.75) is 71.8 Å². The van der Waals surface area contributed by atoms with Gasteiger partial charge < -0.3 is 15.5 Å². The molecule has 31 heavy (non-hydrogen) atoms. The molecule has 0 aromatic carbocycles. The van der Waals surface area contributed by atoms with Crippen molar-refractivity contribution in [3.8, 4) is 0 Å². The lowest BCUT2D eigenvalue weighted by Gasteiger charge is -2.57. The van der Waals surface area contributed by atoms with E-state index in [9.17, 15) is 15.0 Å². The Bertz CT molecular complexity index is 775. The van der Waals surface area contributed by atoms with Gasteiger partial charge in [-0.1, -0.05) is 20.8 Å². The van der Waals surface area contributed by atoms with Crippen LogP contribution in [0.2, 0.25) is 0 Å². The molecular weight excluding hydrogens is 390 g/mol. The first-order chi connectivity index (χ1) is 14.8. The van der Waals surface area contributed by atoms with Crippen molar-refractivity contribution in [3.63, 3.8) is 0 Å². The molecule has 3 saturated carbocycles. The second-order valence-corrected chi connectivity index (χ2v) is 11.0. The number of nitrogens with one attached hydrogen (secondary N) is 1. The summed E-state index contributed by atoms with van der Waals surface area (Å²) >= 11 is 0. The van der Waals surface area contributed by atoms with Gasteiger partial charge in [-0.25, -0.2) is 4.98 Å². The Hall–Kier alpha value is -1.53. The molecule has 6 heteroatoms.